The van der Waals surface area contributed by atoms with Crippen molar-refractivity contribution in [1.29, 1.82) is 0 Å². The van der Waals surface area contributed by atoms with Crippen LogP contribution in [0.5, 0.6) is 0 Å². The van der Waals surface area contributed by atoms with Gasteiger partial charge in [-0.05, 0) is 40.5 Å². The third-order valence-corrected chi connectivity index (χ3v) is 8.15. The maximum atomic E-state index is 6.61. The van der Waals surface area contributed by atoms with Crippen LogP contribution in [0.2, 0.25) is 5.02 Å². The highest BCUT2D eigenvalue weighted by atomic mass is 35.5. The quantitative estimate of drug-likeness (QED) is 0.201. The lowest BCUT2D eigenvalue weighted by Gasteiger charge is -2.12. The number of fused-ring (bicyclic) bond motifs is 3. The van der Waals surface area contributed by atoms with Crippen molar-refractivity contribution in [2.24, 2.45) is 0 Å². The molecule has 0 spiro atoms. The van der Waals surface area contributed by atoms with Gasteiger partial charge in [-0.25, -0.2) is 15.0 Å². The lowest BCUT2D eigenvalue weighted by Crippen LogP contribution is -2.00. The summed E-state index contributed by atoms with van der Waals surface area (Å²) in [6.45, 7) is 0. The zero-order chi connectivity index (χ0) is 29.5. The Balaban J connectivity index is 1.28. The minimum atomic E-state index is 0.545. The van der Waals surface area contributed by atoms with E-state index in [4.69, 9.17) is 31.0 Å². The zero-order valence-electron chi connectivity index (χ0n) is 23.5. The maximum Gasteiger partial charge on any atom is 0.164 e. The van der Waals surface area contributed by atoms with Gasteiger partial charge in [-0.1, -0.05) is 139 Å². The van der Waals surface area contributed by atoms with Gasteiger partial charge < -0.3 is 4.42 Å². The highest BCUT2D eigenvalue weighted by Crippen LogP contribution is 2.40. The fourth-order valence-electron chi connectivity index (χ4n) is 5.73. The van der Waals surface area contributed by atoms with Crippen molar-refractivity contribution < 1.29 is 4.42 Å². The minimum absolute atomic E-state index is 0.545. The number of furan rings is 1. The van der Waals surface area contributed by atoms with Gasteiger partial charge in [0.25, 0.3) is 0 Å². The lowest BCUT2D eigenvalue weighted by molar-refractivity contribution is 0.669. The average Bonchev–Trinajstić information content (AvgIpc) is 3.50. The first-order chi connectivity index (χ1) is 21.7. The van der Waals surface area contributed by atoms with Crippen LogP contribution in [0.3, 0.4) is 0 Å². The molecule has 0 aliphatic rings. The predicted molar refractivity (Wildman–Crippen MR) is 179 cm³/mol. The summed E-state index contributed by atoms with van der Waals surface area (Å²) >= 11 is 6.61. The summed E-state index contributed by atoms with van der Waals surface area (Å²) in [4.78, 5) is 14.9. The fourth-order valence-corrected chi connectivity index (χ4v) is 5.92. The predicted octanol–water partition coefficient (Wildman–Crippen LogP) is 10.8. The molecule has 8 aromatic rings. The van der Waals surface area contributed by atoms with Crippen LogP contribution in [0, 0.1) is 0 Å². The van der Waals surface area contributed by atoms with Crippen molar-refractivity contribution in [2.75, 3.05) is 0 Å². The summed E-state index contributed by atoms with van der Waals surface area (Å²) in [6.07, 6.45) is 0. The van der Waals surface area contributed by atoms with Crippen molar-refractivity contribution >= 4 is 33.5 Å². The Hall–Kier alpha value is -5.58. The summed E-state index contributed by atoms with van der Waals surface area (Å²) in [6, 6.07) is 49.1. The van der Waals surface area contributed by atoms with Crippen LogP contribution >= 0.6 is 11.6 Å². The van der Waals surface area contributed by atoms with Gasteiger partial charge in [-0.15, -0.1) is 0 Å². The largest absolute Gasteiger partial charge is 0.454 e. The van der Waals surface area contributed by atoms with E-state index < -0.39 is 0 Å². The molecule has 4 nitrogen and oxygen atoms in total. The highest BCUT2D eigenvalue weighted by molar-refractivity contribution is 6.36. The summed E-state index contributed by atoms with van der Waals surface area (Å²) in [5, 5.41) is 2.39. The molecule has 0 fully saturated rings. The van der Waals surface area contributed by atoms with Crippen molar-refractivity contribution in [3.8, 4) is 56.4 Å². The number of para-hydroxylation sites is 1. The van der Waals surface area contributed by atoms with Crippen LogP contribution in [-0.4, -0.2) is 15.0 Å². The maximum absolute atomic E-state index is 6.61. The fraction of sp³-hybridized carbons (Fsp3) is 0. The lowest BCUT2D eigenvalue weighted by atomic mass is 9.94. The Kier molecular flexibility index (Phi) is 6.47. The van der Waals surface area contributed by atoms with Crippen LogP contribution in [-0.2, 0) is 0 Å². The van der Waals surface area contributed by atoms with E-state index in [0.29, 0.717) is 28.1 Å². The number of hydrogen-bond acceptors (Lipinski definition) is 4. The molecule has 8 rings (SSSR count). The summed E-state index contributed by atoms with van der Waals surface area (Å²) in [7, 11) is 0. The van der Waals surface area contributed by atoms with E-state index in [9.17, 15) is 0 Å². The van der Waals surface area contributed by atoms with Crippen LogP contribution < -0.4 is 0 Å². The number of aromatic nitrogens is 3. The first-order valence-electron chi connectivity index (χ1n) is 14.4. The van der Waals surface area contributed by atoms with Crippen molar-refractivity contribution in [2.45, 2.75) is 0 Å². The van der Waals surface area contributed by atoms with Gasteiger partial charge in [0.15, 0.2) is 23.1 Å². The van der Waals surface area contributed by atoms with Crippen molar-refractivity contribution in [1.82, 2.24) is 15.0 Å². The molecule has 208 valence electrons. The SMILES string of the molecule is Clc1ccc(-c2nc(-c3ccccc3)nc(-c3ccc(-c4ccccc4-c4ccccc4)cc3)n2)c2c1oc1ccccc12. The Labute approximate surface area is 259 Å². The Morgan fingerprint density at radius 1 is 0.409 bits per heavy atom. The second-order valence-electron chi connectivity index (χ2n) is 10.6. The second-order valence-corrected chi connectivity index (χ2v) is 11.0. The molecule has 0 atom stereocenters. The number of benzene rings is 6. The number of halogens is 1. The molecule has 0 radical (unpaired) electrons. The molecular formula is C39H24ClN3O. The molecule has 0 saturated carbocycles. The van der Waals surface area contributed by atoms with Gasteiger partial charge >= 0.3 is 0 Å². The zero-order valence-corrected chi connectivity index (χ0v) is 24.2. The molecule has 0 aliphatic carbocycles. The molecule has 2 heterocycles. The first-order valence-corrected chi connectivity index (χ1v) is 14.8. The molecule has 2 aromatic heterocycles. The standard InChI is InChI=1S/C39H24ClN3O/c40-33-24-23-32(35-31-17-9-10-18-34(31)44-36(33)35)39-42-37(27-13-5-2-6-14-27)41-38(43-39)28-21-19-26(20-22-28)30-16-8-7-15-29(30)25-11-3-1-4-12-25/h1-24H. The third kappa shape index (κ3) is 4.62. The Morgan fingerprint density at radius 3 is 1.59 bits per heavy atom. The molecule has 0 aliphatic heterocycles. The molecular weight excluding hydrogens is 562 g/mol. The first kappa shape index (κ1) is 26.1. The topological polar surface area (TPSA) is 51.8 Å². The molecule has 0 unspecified atom stereocenters. The normalized spacial score (nSPS) is 11.3. The van der Waals surface area contributed by atoms with E-state index in [0.717, 1.165) is 38.6 Å². The van der Waals surface area contributed by atoms with E-state index >= 15 is 0 Å². The third-order valence-electron chi connectivity index (χ3n) is 7.85. The highest BCUT2D eigenvalue weighted by Gasteiger charge is 2.19. The summed E-state index contributed by atoms with van der Waals surface area (Å²) in [5.74, 6) is 1.74. The molecule has 0 N–H and O–H groups in total. The van der Waals surface area contributed by atoms with Gasteiger partial charge in [-0.3, -0.25) is 0 Å². The molecule has 5 heteroatoms. The van der Waals surface area contributed by atoms with Crippen LogP contribution in [0.15, 0.2) is 150 Å². The van der Waals surface area contributed by atoms with Gasteiger partial charge in [-0.2, -0.15) is 0 Å². The smallest absolute Gasteiger partial charge is 0.164 e. The molecule has 0 saturated heterocycles. The van der Waals surface area contributed by atoms with E-state index in [1.165, 1.54) is 16.7 Å². The molecule has 44 heavy (non-hydrogen) atoms. The van der Waals surface area contributed by atoms with E-state index in [2.05, 4.69) is 72.8 Å². The van der Waals surface area contributed by atoms with Gasteiger partial charge in [0.05, 0.1) is 5.02 Å². The van der Waals surface area contributed by atoms with Gasteiger partial charge in [0.1, 0.15) is 5.58 Å². The number of rotatable bonds is 5. The van der Waals surface area contributed by atoms with Gasteiger partial charge in [0.2, 0.25) is 0 Å². The average molecular weight is 586 g/mol. The van der Waals surface area contributed by atoms with Gasteiger partial charge in [0, 0.05) is 27.5 Å². The van der Waals surface area contributed by atoms with Crippen molar-refractivity contribution in [3.05, 3.63) is 151 Å². The Bertz CT molecular complexity index is 2280. The van der Waals surface area contributed by atoms with Crippen LogP contribution in [0.25, 0.3) is 78.4 Å². The van der Waals surface area contributed by atoms with E-state index in [-0.39, 0.29) is 0 Å². The van der Waals surface area contributed by atoms with E-state index in [1.54, 1.807) is 0 Å². The molecule has 0 bridgehead atoms. The van der Waals surface area contributed by atoms with E-state index in [1.807, 2.05) is 72.8 Å². The number of nitrogens with zero attached hydrogens (tertiary/aromatic N) is 3. The molecule has 6 aromatic carbocycles. The number of hydrogen-bond donors (Lipinski definition) is 0. The Morgan fingerprint density at radius 2 is 0.909 bits per heavy atom. The molecule has 0 amide bonds. The van der Waals surface area contributed by atoms with Crippen LogP contribution in [0.4, 0.5) is 0 Å². The summed E-state index contributed by atoms with van der Waals surface area (Å²) < 4.78 is 6.17. The van der Waals surface area contributed by atoms with Crippen molar-refractivity contribution in [3.63, 3.8) is 0 Å². The monoisotopic (exact) mass is 585 g/mol. The minimum Gasteiger partial charge on any atom is -0.454 e. The second kappa shape index (κ2) is 10.9. The van der Waals surface area contributed by atoms with Crippen LogP contribution in [0.1, 0.15) is 0 Å². The summed E-state index contributed by atoms with van der Waals surface area (Å²) in [5.41, 5.74) is 8.69.